The van der Waals surface area contributed by atoms with Crippen molar-refractivity contribution in [3.8, 4) is 11.3 Å². The number of carbonyl (C=O) groups excluding carboxylic acids is 1. The van der Waals surface area contributed by atoms with Crippen LogP contribution in [0.15, 0.2) is 47.8 Å². The van der Waals surface area contributed by atoms with E-state index in [4.69, 9.17) is 4.74 Å². The lowest BCUT2D eigenvalue weighted by Crippen LogP contribution is -2.42. The Morgan fingerprint density at radius 2 is 2.13 bits per heavy atom. The number of aromatic amines is 1. The number of amides is 1. The molecule has 2 atom stereocenters. The average molecular weight is 515 g/mol. The molecule has 1 unspecified atom stereocenters. The van der Waals surface area contributed by atoms with Crippen LogP contribution in [0.3, 0.4) is 0 Å². The molecule has 1 amide bonds. The van der Waals surface area contributed by atoms with Crippen LogP contribution in [0.2, 0.25) is 0 Å². The molecule has 4 aromatic rings. The maximum absolute atomic E-state index is 13.4. The molecular weight excluding hydrogens is 484 g/mol. The molecule has 1 saturated heterocycles. The second-order valence-electron chi connectivity index (χ2n) is 9.69. The predicted molar refractivity (Wildman–Crippen MR) is 144 cm³/mol. The first kappa shape index (κ1) is 24.0. The van der Waals surface area contributed by atoms with Gasteiger partial charge in [0.1, 0.15) is 11.5 Å². The number of H-pyrrole nitrogens is 1. The SMILES string of the molecule is CC[C@@H]1CN(c2cc(-c3n[nH]c4ccc(NC(=O)C5=C(C)N(C)c6nnnn6C5C)cc34)ccn2)CCO1. The number of hydrogen-bond donors (Lipinski definition) is 2. The highest BCUT2D eigenvalue weighted by Gasteiger charge is 2.32. The van der Waals surface area contributed by atoms with Crippen molar-refractivity contribution in [2.24, 2.45) is 0 Å². The van der Waals surface area contributed by atoms with Crippen LogP contribution in [0.25, 0.3) is 22.2 Å². The fraction of sp³-hybridized carbons (Fsp3) is 0.385. The Hall–Kier alpha value is -4.32. The number of aromatic nitrogens is 7. The van der Waals surface area contributed by atoms with Crippen molar-refractivity contribution < 1.29 is 9.53 Å². The number of tetrazole rings is 1. The fourth-order valence-corrected chi connectivity index (χ4v) is 5.19. The van der Waals surface area contributed by atoms with Gasteiger partial charge < -0.3 is 19.9 Å². The molecule has 2 N–H and O–H groups in total. The van der Waals surface area contributed by atoms with E-state index >= 15 is 0 Å². The normalized spacial score (nSPS) is 19.7. The molecule has 3 aromatic heterocycles. The van der Waals surface area contributed by atoms with Crippen LogP contribution in [-0.4, -0.2) is 74.1 Å². The van der Waals surface area contributed by atoms with Gasteiger partial charge in [-0.25, -0.2) is 9.67 Å². The summed E-state index contributed by atoms with van der Waals surface area (Å²) in [7, 11) is 1.85. The minimum atomic E-state index is -0.299. The van der Waals surface area contributed by atoms with Crippen LogP contribution in [0.1, 0.15) is 33.2 Å². The lowest BCUT2D eigenvalue weighted by molar-refractivity contribution is -0.113. The number of morpholine rings is 1. The van der Waals surface area contributed by atoms with Gasteiger partial charge in [0.25, 0.3) is 5.91 Å². The molecule has 38 heavy (non-hydrogen) atoms. The standard InChI is InChI=1S/C26H30N10O2/c1-5-19-14-35(10-11-38-19)22-12-17(8-9-27-22)24-20-13-18(6-7-21(20)29-30-24)28-25(37)23-15(2)34(4)26-31-32-33-36(26)16(23)3/h6-9,12-13,16,19H,5,10-11,14H2,1-4H3,(H,28,37)(H,29,30)/t16?,19-/m1/s1. The molecule has 12 heteroatoms. The second-order valence-corrected chi connectivity index (χ2v) is 9.69. The highest BCUT2D eigenvalue weighted by Crippen LogP contribution is 2.34. The van der Waals surface area contributed by atoms with Crippen LogP contribution in [0.4, 0.5) is 17.5 Å². The minimum absolute atomic E-state index is 0.198. The summed E-state index contributed by atoms with van der Waals surface area (Å²) in [5.74, 6) is 1.32. The van der Waals surface area contributed by atoms with Gasteiger partial charge in [-0.05, 0) is 61.0 Å². The van der Waals surface area contributed by atoms with Gasteiger partial charge in [-0.3, -0.25) is 9.89 Å². The lowest BCUT2D eigenvalue weighted by Gasteiger charge is -2.33. The maximum Gasteiger partial charge on any atom is 0.255 e. The molecule has 2 aliphatic heterocycles. The summed E-state index contributed by atoms with van der Waals surface area (Å²) < 4.78 is 7.47. The summed E-state index contributed by atoms with van der Waals surface area (Å²) >= 11 is 0. The van der Waals surface area contributed by atoms with Crippen molar-refractivity contribution in [1.82, 2.24) is 35.4 Å². The molecule has 0 spiro atoms. The van der Waals surface area contributed by atoms with E-state index in [1.807, 2.05) is 56.3 Å². The molecule has 0 saturated carbocycles. The minimum Gasteiger partial charge on any atom is -0.375 e. The number of ether oxygens (including phenoxy) is 1. The molecular formula is C26H30N10O2. The highest BCUT2D eigenvalue weighted by molar-refractivity contribution is 6.07. The van der Waals surface area contributed by atoms with Crippen molar-refractivity contribution in [2.45, 2.75) is 39.3 Å². The maximum atomic E-state index is 13.4. The average Bonchev–Trinajstić information content (AvgIpc) is 3.60. The Balaban J connectivity index is 1.28. The molecule has 6 rings (SSSR count). The number of rotatable bonds is 5. The molecule has 1 fully saturated rings. The third-order valence-electron chi connectivity index (χ3n) is 7.46. The number of fused-ring (bicyclic) bond motifs is 2. The topological polar surface area (TPSA) is 130 Å². The summed E-state index contributed by atoms with van der Waals surface area (Å²) in [6, 6.07) is 9.47. The van der Waals surface area contributed by atoms with Gasteiger partial charge in [-0.1, -0.05) is 12.0 Å². The molecule has 0 bridgehead atoms. The quantitative estimate of drug-likeness (QED) is 0.412. The number of anilines is 3. The highest BCUT2D eigenvalue weighted by atomic mass is 16.5. The summed E-state index contributed by atoms with van der Waals surface area (Å²) in [6.45, 7) is 8.27. The number of pyridine rings is 1. The van der Waals surface area contributed by atoms with E-state index in [0.717, 1.165) is 53.2 Å². The summed E-state index contributed by atoms with van der Waals surface area (Å²) in [5.41, 5.74) is 4.73. The lowest BCUT2D eigenvalue weighted by atomic mass is 10.0. The number of benzene rings is 1. The summed E-state index contributed by atoms with van der Waals surface area (Å²) in [6.07, 6.45) is 3.00. The van der Waals surface area contributed by atoms with E-state index in [-0.39, 0.29) is 18.1 Å². The smallest absolute Gasteiger partial charge is 0.255 e. The molecule has 1 aromatic carbocycles. The number of nitrogens with zero attached hydrogens (tertiary/aromatic N) is 8. The van der Waals surface area contributed by atoms with E-state index < -0.39 is 0 Å². The largest absolute Gasteiger partial charge is 0.375 e. The summed E-state index contributed by atoms with van der Waals surface area (Å²) in [5, 5.41) is 23.6. The first-order chi connectivity index (χ1) is 18.4. The van der Waals surface area contributed by atoms with Crippen molar-refractivity contribution in [3.05, 3.63) is 47.8 Å². The number of carbonyl (C=O) groups is 1. The first-order valence-electron chi connectivity index (χ1n) is 12.8. The van der Waals surface area contributed by atoms with Crippen LogP contribution in [0.5, 0.6) is 0 Å². The van der Waals surface area contributed by atoms with Crippen LogP contribution >= 0.6 is 0 Å². The Bertz CT molecular complexity index is 1540. The molecule has 0 aliphatic carbocycles. The number of nitrogens with one attached hydrogen (secondary N) is 2. The zero-order valence-electron chi connectivity index (χ0n) is 21.8. The van der Waals surface area contributed by atoms with Crippen LogP contribution in [0, 0.1) is 0 Å². The number of hydrogen-bond acceptors (Lipinski definition) is 9. The van der Waals surface area contributed by atoms with E-state index in [0.29, 0.717) is 23.8 Å². The van der Waals surface area contributed by atoms with E-state index in [1.165, 1.54) is 0 Å². The van der Waals surface area contributed by atoms with E-state index in [2.05, 4.69) is 53.9 Å². The molecule has 2 aliphatic rings. The van der Waals surface area contributed by atoms with Gasteiger partial charge in [-0.2, -0.15) is 5.10 Å². The van der Waals surface area contributed by atoms with Gasteiger partial charge in [0.15, 0.2) is 0 Å². The molecule has 12 nitrogen and oxygen atoms in total. The van der Waals surface area contributed by atoms with E-state index in [9.17, 15) is 4.79 Å². The van der Waals surface area contributed by atoms with Crippen molar-refractivity contribution in [3.63, 3.8) is 0 Å². The predicted octanol–water partition coefficient (Wildman–Crippen LogP) is 3.15. The fourth-order valence-electron chi connectivity index (χ4n) is 5.19. The Kier molecular flexibility index (Phi) is 6.03. The van der Waals surface area contributed by atoms with Gasteiger partial charge >= 0.3 is 0 Å². The van der Waals surface area contributed by atoms with Crippen LogP contribution < -0.4 is 15.1 Å². The zero-order valence-corrected chi connectivity index (χ0v) is 21.8. The van der Waals surface area contributed by atoms with Crippen molar-refractivity contribution in [2.75, 3.05) is 41.9 Å². The van der Waals surface area contributed by atoms with Crippen LogP contribution in [-0.2, 0) is 9.53 Å². The number of allylic oxidation sites excluding steroid dienone is 1. The monoisotopic (exact) mass is 514 g/mol. The van der Waals surface area contributed by atoms with Crippen molar-refractivity contribution >= 4 is 34.3 Å². The third-order valence-corrected chi connectivity index (χ3v) is 7.46. The third kappa shape index (κ3) is 4.06. The summed E-state index contributed by atoms with van der Waals surface area (Å²) in [4.78, 5) is 22.1. The van der Waals surface area contributed by atoms with Gasteiger partial charge in [0, 0.05) is 48.7 Å². The Morgan fingerprint density at radius 1 is 1.26 bits per heavy atom. The zero-order chi connectivity index (χ0) is 26.4. The van der Waals surface area contributed by atoms with Gasteiger partial charge in [-0.15, -0.1) is 0 Å². The second kappa shape index (κ2) is 9.53. The molecule has 0 radical (unpaired) electrons. The van der Waals surface area contributed by atoms with E-state index in [1.54, 1.807) is 4.68 Å². The molecule has 5 heterocycles. The Labute approximate surface area is 219 Å². The Morgan fingerprint density at radius 3 is 2.97 bits per heavy atom. The van der Waals surface area contributed by atoms with Gasteiger partial charge in [0.05, 0.1) is 29.8 Å². The van der Waals surface area contributed by atoms with Gasteiger partial charge in [0.2, 0.25) is 5.95 Å². The first-order valence-corrected chi connectivity index (χ1v) is 12.8. The van der Waals surface area contributed by atoms with Crippen molar-refractivity contribution in [1.29, 1.82) is 0 Å². The molecule has 196 valence electrons.